The molecule has 0 amide bonds. The number of pyridine rings is 1. The second-order valence-corrected chi connectivity index (χ2v) is 4.17. The monoisotopic (exact) mass is 204 g/mol. The van der Waals surface area contributed by atoms with E-state index in [4.69, 9.17) is 11.0 Å². The average molecular weight is 204 g/mol. The summed E-state index contributed by atoms with van der Waals surface area (Å²) in [5, 5.41) is 12.1. The van der Waals surface area contributed by atoms with E-state index in [1.807, 2.05) is 26.8 Å². The Hall–Kier alpha value is -1.60. The van der Waals surface area contributed by atoms with Crippen LogP contribution in [0.2, 0.25) is 0 Å². The van der Waals surface area contributed by atoms with E-state index in [-0.39, 0.29) is 5.54 Å². The summed E-state index contributed by atoms with van der Waals surface area (Å²) in [5.41, 5.74) is 6.78. The summed E-state index contributed by atoms with van der Waals surface area (Å²) in [4.78, 5) is 4.29. The molecule has 0 unspecified atom stereocenters. The zero-order valence-electron chi connectivity index (χ0n) is 9.33. The van der Waals surface area contributed by atoms with Gasteiger partial charge in [0.05, 0.1) is 5.56 Å². The van der Waals surface area contributed by atoms with Crippen molar-refractivity contribution in [1.29, 1.82) is 5.26 Å². The minimum absolute atomic E-state index is 0.258. The molecular weight excluding hydrogens is 188 g/mol. The van der Waals surface area contributed by atoms with E-state index < -0.39 is 0 Å². The molecule has 1 heterocycles. The van der Waals surface area contributed by atoms with Crippen molar-refractivity contribution in [3.05, 3.63) is 23.4 Å². The highest BCUT2D eigenvalue weighted by Gasteiger charge is 2.17. The molecule has 15 heavy (non-hydrogen) atoms. The lowest BCUT2D eigenvalue weighted by atomic mass is 10.1. The van der Waals surface area contributed by atoms with Crippen molar-refractivity contribution in [2.24, 2.45) is 5.73 Å². The van der Waals surface area contributed by atoms with Crippen molar-refractivity contribution in [3.63, 3.8) is 0 Å². The van der Waals surface area contributed by atoms with E-state index in [1.54, 1.807) is 6.07 Å². The molecule has 0 aliphatic carbocycles. The van der Waals surface area contributed by atoms with Crippen LogP contribution in [0.15, 0.2) is 12.1 Å². The Balaban J connectivity index is 3.04. The predicted molar refractivity (Wildman–Crippen MR) is 60.4 cm³/mol. The minimum atomic E-state index is -0.258. The average Bonchev–Trinajstić information content (AvgIpc) is 2.18. The quantitative estimate of drug-likeness (QED) is 0.780. The topological polar surface area (TPSA) is 74.7 Å². The maximum atomic E-state index is 8.92. The molecule has 0 saturated heterocycles. The molecule has 0 radical (unpaired) electrons. The molecular formula is C11H16N4. The summed E-state index contributed by atoms with van der Waals surface area (Å²) in [6.45, 7) is 6.31. The van der Waals surface area contributed by atoms with Crippen LogP contribution in [0.5, 0.6) is 0 Å². The first-order valence-corrected chi connectivity index (χ1v) is 4.84. The van der Waals surface area contributed by atoms with E-state index in [0.29, 0.717) is 17.9 Å². The standard InChI is InChI=1S/C11H16N4/c1-8-4-5-9(6-12)10(14-8)15-11(2,3)7-13/h4-5H,7,13H2,1-3H3,(H,14,15). The molecule has 4 nitrogen and oxygen atoms in total. The molecule has 1 aromatic rings. The number of aromatic nitrogens is 1. The van der Waals surface area contributed by atoms with E-state index in [1.165, 1.54) is 0 Å². The third-order valence-electron chi connectivity index (χ3n) is 2.12. The molecule has 80 valence electrons. The zero-order chi connectivity index (χ0) is 11.5. The number of hydrogen-bond donors (Lipinski definition) is 2. The highest BCUT2D eigenvalue weighted by Crippen LogP contribution is 2.16. The molecule has 1 rings (SSSR count). The van der Waals surface area contributed by atoms with E-state index >= 15 is 0 Å². The van der Waals surface area contributed by atoms with Gasteiger partial charge in [0, 0.05) is 17.8 Å². The van der Waals surface area contributed by atoms with Gasteiger partial charge >= 0.3 is 0 Å². The first-order valence-electron chi connectivity index (χ1n) is 4.84. The van der Waals surface area contributed by atoms with E-state index in [0.717, 1.165) is 5.69 Å². The number of nitriles is 1. The van der Waals surface area contributed by atoms with Crippen molar-refractivity contribution < 1.29 is 0 Å². The van der Waals surface area contributed by atoms with Crippen LogP contribution in [-0.2, 0) is 0 Å². The normalized spacial score (nSPS) is 10.9. The van der Waals surface area contributed by atoms with Crippen LogP contribution in [0.4, 0.5) is 5.82 Å². The SMILES string of the molecule is Cc1ccc(C#N)c(NC(C)(C)CN)n1. The van der Waals surface area contributed by atoms with Gasteiger partial charge in [-0.1, -0.05) is 0 Å². The second kappa shape index (κ2) is 4.28. The largest absolute Gasteiger partial charge is 0.363 e. The van der Waals surface area contributed by atoms with Crippen LogP contribution in [0.25, 0.3) is 0 Å². The summed E-state index contributed by atoms with van der Waals surface area (Å²) >= 11 is 0. The molecule has 0 saturated carbocycles. The Morgan fingerprint density at radius 3 is 2.73 bits per heavy atom. The summed E-state index contributed by atoms with van der Waals surface area (Å²) in [5.74, 6) is 0.605. The zero-order valence-corrected chi connectivity index (χ0v) is 9.33. The van der Waals surface area contributed by atoms with Crippen molar-refractivity contribution in [2.45, 2.75) is 26.3 Å². The van der Waals surface area contributed by atoms with Gasteiger partial charge < -0.3 is 11.1 Å². The van der Waals surface area contributed by atoms with Crippen LogP contribution in [0, 0.1) is 18.3 Å². The smallest absolute Gasteiger partial charge is 0.144 e. The molecule has 0 aliphatic rings. The molecule has 0 atom stereocenters. The predicted octanol–water partition coefficient (Wildman–Crippen LogP) is 1.41. The van der Waals surface area contributed by atoms with Gasteiger partial charge in [0.15, 0.2) is 0 Å². The number of nitrogens with zero attached hydrogens (tertiary/aromatic N) is 2. The summed E-state index contributed by atoms with van der Waals surface area (Å²) in [7, 11) is 0. The number of rotatable bonds is 3. The van der Waals surface area contributed by atoms with Crippen molar-refractivity contribution in [1.82, 2.24) is 4.98 Å². The molecule has 4 heteroatoms. The molecule has 0 aromatic carbocycles. The Morgan fingerprint density at radius 2 is 2.20 bits per heavy atom. The molecule has 0 bridgehead atoms. The third-order valence-corrected chi connectivity index (χ3v) is 2.12. The number of nitrogens with two attached hydrogens (primary N) is 1. The van der Waals surface area contributed by atoms with E-state index in [9.17, 15) is 0 Å². The minimum Gasteiger partial charge on any atom is -0.363 e. The van der Waals surface area contributed by atoms with Crippen LogP contribution < -0.4 is 11.1 Å². The van der Waals surface area contributed by atoms with Gasteiger partial charge in [0.2, 0.25) is 0 Å². The van der Waals surface area contributed by atoms with Gasteiger partial charge in [-0.2, -0.15) is 5.26 Å². The van der Waals surface area contributed by atoms with Gasteiger partial charge in [-0.05, 0) is 32.9 Å². The van der Waals surface area contributed by atoms with Crippen LogP contribution in [0.1, 0.15) is 25.1 Å². The Bertz CT molecular complexity index is 390. The maximum Gasteiger partial charge on any atom is 0.144 e. The fourth-order valence-corrected chi connectivity index (χ4v) is 1.11. The van der Waals surface area contributed by atoms with Gasteiger partial charge in [0.25, 0.3) is 0 Å². The van der Waals surface area contributed by atoms with Gasteiger partial charge in [-0.3, -0.25) is 0 Å². The Morgan fingerprint density at radius 1 is 1.53 bits per heavy atom. The summed E-state index contributed by atoms with van der Waals surface area (Å²) < 4.78 is 0. The third kappa shape index (κ3) is 2.93. The molecule has 1 aromatic heterocycles. The van der Waals surface area contributed by atoms with Crippen LogP contribution in [0.3, 0.4) is 0 Å². The Kier molecular flexibility index (Phi) is 3.28. The van der Waals surface area contributed by atoms with Crippen LogP contribution in [-0.4, -0.2) is 17.1 Å². The highest BCUT2D eigenvalue weighted by atomic mass is 15.1. The van der Waals surface area contributed by atoms with Crippen molar-refractivity contribution in [3.8, 4) is 6.07 Å². The van der Waals surface area contributed by atoms with E-state index in [2.05, 4.69) is 16.4 Å². The first kappa shape index (κ1) is 11.5. The number of nitrogens with one attached hydrogen (secondary N) is 1. The number of hydrogen-bond acceptors (Lipinski definition) is 4. The fraction of sp³-hybridized carbons (Fsp3) is 0.455. The molecule has 3 N–H and O–H groups in total. The molecule has 0 spiro atoms. The molecule has 0 aliphatic heterocycles. The molecule has 0 fully saturated rings. The maximum absolute atomic E-state index is 8.92. The summed E-state index contributed by atoms with van der Waals surface area (Å²) in [6.07, 6.45) is 0. The number of aryl methyl sites for hydroxylation is 1. The van der Waals surface area contributed by atoms with Gasteiger partial charge in [-0.25, -0.2) is 4.98 Å². The first-order chi connectivity index (χ1) is 6.98. The summed E-state index contributed by atoms with van der Waals surface area (Å²) in [6, 6.07) is 5.68. The Labute approximate surface area is 90.1 Å². The number of anilines is 1. The fourth-order valence-electron chi connectivity index (χ4n) is 1.11. The second-order valence-electron chi connectivity index (χ2n) is 4.17. The van der Waals surface area contributed by atoms with Crippen molar-refractivity contribution in [2.75, 3.05) is 11.9 Å². The highest BCUT2D eigenvalue weighted by molar-refractivity contribution is 5.53. The lowest BCUT2D eigenvalue weighted by Crippen LogP contribution is -2.39. The van der Waals surface area contributed by atoms with Gasteiger partial charge in [0.1, 0.15) is 11.9 Å². The van der Waals surface area contributed by atoms with Crippen molar-refractivity contribution >= 4 is 5.82 Å². The lowest BCUT2D eigenvalue weighted by molar-refractivity contribution is 0.577. The van der Waals surface area contributed by atoms with Crippen LogP contribution >= 0.6 is 0 Å². The van der Waals surface area contributed by atoms with Gasteiger partial charge in [-0.15, -0.1) is 0 Å². The lowest BCUT2D eigenvalue weighted by Gasteiger charge is -2.25.